The number of phenolic OH excluding ortho intramolecular Hbond substituents is 2. The second-order valence-corrected chi connectivity index (χ2v) is 4.84. The molecule has 7 N–H and O–H groups in total. The summed E-state index contributed by atoms with van der Waals surface area (Å²) < 4.78 is 0. The third kappa shape index (κ3) is 3.37. The molecule has 0 unspecified atom stereocenters. The van der Waals surface area contributed by atoms with Gasteiger partial charge in [-0.1, -0.05) is 0 Å². The molecule has 10 nitrogen and oxygen atoms in total. The number of phenols is 4. The first-order valence-electron chi connectivity index (χ1n) is 6.51. The van der Waals surface area contributed by atoms with E-state index in [1.54, 1.807) is 0 Å². The van der Waals surface area contributed by atoms with Crippen LogP contribution in [0.2, 0.25) is 0 Å². The fraction of sp³-hybridized carbons (Fsp3) is 0. The van der Waals surface area contributed by atoms with Gasteiger partial charge in [0.2, 0.25) is 0 Å². The first-order chi connectivity index (χ1) is 11.6. The second kappa shape index (κ2) is 6.28. The number of amides is 1. The third-order valence-electron chi connectivity index (χ3n) is 3.18. The van der Waals surface area contributed by atoms with Crippen LogP contribution in [0.15, 0.2) is 24.3 Å². The van der Waals surface area contributed by atoms with Crippen LogP contribution in [0, 0.1) is 0 Å². The predicted molar refractivity (Wildman–Crippen MR) is 81.4 cm³/mol. The van der Waals surface area contributed by atoms with Crippen LogP contribution in [-0.2, 0) is 0 Å². The number of carbonyl (C=O) groups is 3. The quantitative estimate of drug-likeness (QED) is 0.314. The first kappa shape index (κ1) is 17.4. The molecular weight excluding hydrogens is 338 g/mol. The number of rotatable bonds is 4. The molecule has 0 fully saturated rings. The highest BCUT2D eigenvalue weighted by Crippen LogP contribution is 2.33. The molecule has 0 saturated carbocycles. The van der Waals surface area contributed by atoms with Crippen LogP contribution in [0.4, 0.5) is 5.69 Å². The Morgan fingerprint density at radius 2 is 1.04 bits per heavy atom. The van der Waals surface area contributed by atoms with Gasteiger partial charge in [0, 0.05) is 12.1 Å². The SMILES string of the molecule is O=C(O)c1cc(O)c(NC(=O)c2cc(O)c(C(=O)O)cc2O)cc1O. The van der Waals surface area contributed by atoms with E-state index in [0.717, 1.165) is 6.07 Å². The van der Waals surface area contributed by atoms with Gasteiger partial charge in [-0.05, 0) is 12.1 Å². The molecule has 2 aromatic carbocycles. The van der Waals surface area contributed by atoms with E-state index in [1.165, 1.54) is 0 Å². The van der Waals surface area contributed by atoms with E-state index in [2.05, 4.69) is 5.32 Å². The van der Waals surface area contributed by atoms with E-state index in [-0.39, 0.29) is 5.69 Å². The summed E-state index contributed by atoms with van der Waals surface area (Å²) in [7, 11) is 0. The molecular formula is C15H11NO9. The third-order valence-corrected chi connectivity index (χ3v) is 3.18. The van der Waals surface area contributed by atoms with Gasteiger partial charge in [-0.15, -0.1) is 0 Å². The van der Waals surface area contributed by atoms with Crippen molar-refractivity contribution >= 4 is 23.5 Å². The Morgan fingerprint density at radius 3 is 1.56 bits per heavy atom. The molecule has 0 heterocycles. The van der Waals surface area contributed by atoms with E-state index in [0.29, 0.717) is 18.2 Å². The van der Waals surface area contributed by atoms with Gasteiger partial charge in [0.1, 0.15) is 34.1 Å². The van der Waals surface area contributed by atoms with Gasteiger partial charge < -0.3 is 36.0 Å². The van der Waals surface area contributed by atoms with Crippen molar-refractivity contribution in [2.75, 3.05) is 5.32 Å². The maximum absolute atomic E-state index is 12.1. The first-order valence-corrected chi connectivity index (χ1v) is 6.51. The molecule has 10 heteroatoms. The molecule has 130 valence electrons. The van der Waals surface area contributed by atoms with Crippen LogP contribution in [-0.4, -0.2) is 48.5 Å². The molecule has 0 atom stereocenters. The number of benzene rings is 2. The number of aromatic carboxylic acids is 2. The Morgan fingerprint density at radius 1 is 0.640 bits per heavy atom. The smallest absolute Gasteiger partial charge is 0.339 e. The Hall–Kier alpha value is -3.95. The van der Waals surface area contributed by atoms with Crippen molar-refractivity contribution in [2.45, 2.75) is 0 Å². The van der Waals surface area contributed by atoms with Crippen LogP contribution in [0.5, 0.6) is 23.0 Å². The Bertz CT molecular complexity index is 904. The van der Waals surface area contributed by atoms with Gasteiger partial charge in [-0.3, -0.25) is 4.79 Å². The number of nitrogens with one attached hydrogen (secondary N) is 1. The van der Waals surface area contributed by atoms with Gasteiger partial charge >= 0.3 is 11.9 Å². The van der Waals surface area contributed by atoms with Crippen molar-refractivity contribution in [3.63, 3.8) is 0 Å². The average Bonchev–Trinajstić information content (AvgIpc) is 2.51. The van der Waals surface area contributed by atoms with E-state index in [4.69, 9.17) is 10.2 Å². The van der Waals surface area contributed by atoms with Crippen LogP contribution < -0.4 is 5.32 Å². The Kier molecular flexibility index (Phi) is 4.37. The second-order valence-electron chi connectivity index (χ2n) is 4.84. The number of hydrogen-bond donors (Lipinski definition) is 7. The van der Waals surface area contributed by atoms with Gasteiger partial charge in [-0.2, -0.15) is 0 Å². The Balaban J connectivity index is 2.38. The summed E-state index contributed by atoms with van der Waals surface area (Å²) >= 11 is 0. The predicted octanol–water partition coefficient (Wildman–Crippen LogP) is 1.16. The van der Waals surface area contributed by atoms with Gasteiger partial charge in [-0.25, -0.2) is 9.59 Å². The normalized spacial score (nSPS) is 10.2. The summed E-state index contributed by atoms with van der Waals surface area (Å²) in [6.07, 6.45) is 0. The molecule has 0 bridgehead atoms. The van der Waals surface area contributed by atoms with Crippen LogP contribution >= 0.6 is 0 Å². The van der Waals surface area contributed by atoms with Gasteiger partial charge in [0.15, 0.2) is 0 Å². The average molecular weight is 349 g/mol. The van der Waals surface area contributed by atoms with Crippen molar-refractivity contribution < 1.29 is 45.0 Å². The van der Waals surface area contributed by atoms with Gasteiger partial charge in [0.25, 0.3) is 5.91 Å². The van der Waals surface area contributed by atoms with Crippen LogP contribution in [0.1, 0.15) is 31.1 Å². The molecule has 0 aromatic heterocycles. The molecule has 1 amide bonds. The highest BCUT2D eigenvalue weighted by molar-refractivity contribution is 6.08. The summed E-state index contributed by atoms with van der Waals surface area (Å²) in [5, 5.41) is 58.3. The summed E-state index contributed by atoms with van der Waals surface area (Å²) in [6, 6.07) is 2.85. The molecule has 0 aliphatic rings. The fourth-order valence-electron chi connectivity index (χ4n) is 1.97. The largest absolute Gasteiger partial charge is 0.507 e. The fourth-order valence-corrected chi connectivity index (χ4v) is 1.97. The maximum atomic E-state index is 12.1. The lowest BCUT2D eigenvalue weighted by Crippen LogP contribution is -2.13. The lowest BCUT2D eigenvalue weighted by atomic mass is 10.1. The topological polar surface area (TPSA) is 185 Å². The number of anilines is 1. The van der Waals surface area contributed by atoms with Crippen molar-refractivity contribution in [1.29, 1.82) is 0 Å². The van der Waals surface area contributed by atoms with E-state index >= 15 is 0 Å². The maximum Gasteiger partial charge on any atom is 0.339 e. The zero-order valence-corrected chi connectivity index (χ0v) is 12.2. The molecule has 0 aliphatic carbocycles. The molecule has 0 aliphatic heterocycles. The molecule has 0 spiro atoms. The van der Waals surface area contributed by atoms with Crippen molar-refractivity contribution in [2.24, 2.45) is 0 Å². The minimum absolute atomic E-state index is 0.367. The minimum atomic E-state index is -1.52. The zero-order chi connectivity index (χ0) is 18.9. The number of hydrogen-bond acceptors (Lipinski definition) is 7. The highest BCUT2D eigenvalue weighted by Gasteiger charge is 2.21. The minimum Gasteiger partial charge on any atom is -0.507 e. The van der Waals surface area contributed by atoms with E-state index < -0.39 is 57.5 Å². The highest BCUT2D eigenvalue weighted by atomic mass is 16.4. The number of carbonyl (C=O) groups excluding carboxylic acids is 1. The Labute approximate surface area is 138 Å². The molecule has 25 heavy (non-hydrogen) atoms. The van der Waals surface area contributed by atoms with E-state index in [1.807, 2.05) is 0 Å². The van der Waals surface area contributed by atoms with Crippen molar-refractivity contribution in [1.82, 2.24) is 0 Å². The van der Waals surface area contributed by atoms with Crippen molar-refractivity contribution in [3.05, 3.63) is 41.0 Å². The lowest BCUT2D eigenvalue weighted by Gasteiger charge is -2.11. The summed E-state index contributed by atoms with van der Waals surface area (Å²) in [6.45, 7) is 0. The molecule has 2 rings (SSSR count). The van der Waals surface area contributed by atoms with Crippen LogP contribution in [0.25, 0.3) is 0 Å². The van der Waals surface area contributed by atoms with Crippen molar-refractivity contribution in [3.8, 4) is 23.0 Å². The summed E-state index contributed by atoms with van der Waals surface area (Å²) in [4.78, 5) is 33.8. The summed E-state index contributed by atoms with van der Waals surface area (Å²) in [5.74, 6) is -7.00. The number of aromatic hydroxyl groups is 4. The molecule has 2 aromatic rings. The van der Waals surface area contributed by atoms with E-state index in [9.17, 15) is 34.8 Å². The van der Waals surface area contributed by atoms with Gasteiger partial charge in [0.05, 0.1) is 11.3 Å². The molecule has 0 radical (unpaired) electrons. The standard InChI is InChI=1S/C15H11NO9/c17-9-2-6(14(22)23)10(18)1-5(9)13(21)16-8-4-11(19)7(15(24)25)3-12(8)20/h1-4,17-20H,(H,16,21)(H,22,23)(H,24,25). The monoisotopic (exact) mass is 349 g/mol. The number of carboxylic acid groups (broad SMARTS) is 2. The number of carboxylic acids is 2. The lowest BCUT2D eigenvalue weighted by molar-refractivity contribution is 0.0682. The van der Waals surface area contributed by atoms with Crippen LogP contribution in [0.3, 0.4) is 0 Å². The zero-order valence-electron chi connectivity index (χ0n) is 12.2. The summed E-state index contributed by atoms with van der Waals surface area (Å²) in [5.41, 5.74) is -2.10. The molecule has 0 saturated heterocycles.